The maximum Gasteiger partial charge on any atom is 0.237 e. The third-order valence-electron chi connectivity index (χ3n) is 4.98. The van der Waals surface area contributed by atoms with Crippen molar-refractivity contribution in [3.63, 3.8) is 0 Å². The summed E-state index contributed by atoms with van der Waals surface area (Å²) < 4.78 is 0. The van der Waals surface area contributed by atoms with E-state index in [-0.39, 0.29) is 11.9 Å². The number of carbonyl (C=O) groups is 1. The average molecular weight is 236 g/mol. The molecule has 0 aromatic rings. The summed E-state index contributed by atoms with van der Waals surface area (Å²) in [5, 5.41) is 6.71. The molecule has 1 saturated heterocycles. The fraction of sp³-hybridized carbons (Fsp3) is 0.929. The lowest BCUT2D eigenvalue weighted by Gasteiger charge is -2.26. The van der Waals surface area contributed by atoms with E-state index in [9.17, 15) is 4.79 Å². The zero-order valence-corrected chi connectivity index (χ0v) is 10.6. The summed E-state index contributed by atoms with van der Waals surface area (Å²) in [5.74, 6) is 1.68. The molecule has 17 heavy (non-hydrogen) atoms. The molecule has 96 valence electrons. The molecule has 3 rings (SSSR count). The van der Waals surface area contributed by atoms with Crippen LogP contribution in [-0.2, 0) is 4.79 Å². The Bertz CT molecular complexity index is 286. The van der Waals surface area contributed by atoms with E-state index in [1.54, 1.807) is 0 Å². The Kier molecular flexibility index (Phi) is 3.37. The van der Waals surface area contributed by atoms with E-state index in [2.05, 4.69) is 10.6 Å². The summed E-state index contributed by atoms with van der Waals surface area (Å²) in [5.41, 5.74) is 0. The monoisotopic (exact) mass is 236 g/mol. The predicted octanol–water partition coefficient (Wildman–Crippen LogP) is 1.82. The Morgan fingerprint density at radius 3 is 2.65 bits per heavy atom. The zero-order valence-electron chi connectivity index (χ0n) is 10.6. The lowest BCUT2D eigenvalue weighted by atomic mass is 9.92. The summed E-state index contributed by atoms with van der Waals surface area (Å²) in [6, 6.07) is 0.572. The minimum absolute atomic E-state index is 0.115. The Labute approximate surface area is 104 Å². The lowest BCUT2D eigenvalue weighted by molar-refractivity contribution is -0.124. The molecule has 3 heteroatoms. The van der Waals surface area contributed by atoms with Gasteiger partial charge in [-0.05, 0) is 44.1 Å². The number of rotatable bonds is 2. The van der Waals surface area contributed by atoms with Crippen LogP contribution in [0.15, 0.2) is 0 Å². The van der Waals surface area contributed by atoms with Gasteiger partial charge in [-0.2, -0.15) is 0 Å². The van der Waals surface area contributed by atoms with Crippen molar-refractivity contribution in [1.82, 2.24) is 10.6 Å². The first-order valence-corrected chi connectivity index (χ1v) is 7.38. The average Bonchev–Trinajstić information content (AvgIpc) is 2.91. The first-order valence-electron chi connectivity index (χ1n) is 7.38. The van der Waals surface area contributed by atoms with Gasteiger partial charge in [-0.15, -0.1) is 0 Å². The van der Waals surface area contributed by atoms with Crippen LogP contribution in [0.4, 0.5) is 0 Å². The molecule has 3 atom stereocenters. The maximum atomic E-state index is 12.3. The largest absolute Gasteiger partial charge is 0.352 e. The van der Waals surface area contributed by atoms with Gasteiger partial charge >= 0.3 is 0 Å². The minimum atomic E-state index is 0.115. The summed E-state index contributed by atoms with van der Waals surface area (Å²) in [7, 11) is 0. The topological polar surface area (TPSA) is 41.1 Å². The molecule has 2 N–H and O–H groups in total. The van der Waals surface area contributed by atoms with Gasteiger partial charge in [0.2, 0.25) is 5.91 Å². The summed E-state index contributed by atoms with van der Waals surface area (Å²) in [6.45, 7) is 1.06. The smallest absolute Gasteiger partial charge is 0.237 e. The van der Waals surface area contributed by atoms with E-state index in [4.69, 9.17) is 0 Å². The quantitative estimate of drug-likeness (QED) is 0.768. The SMILES string of the molecule is O=C(NC1CCCCC1)C1NCC2CCCC21. The van der Waals surface area contributed by atoms with Crippen molar-refractivity contribution in [3.8, 4) is 0 Å². The van der Waals surface area contributed by atoms with Gasteiger partial charge in [0.05, 0.1) is 6.04 Å². The first kappa shape index (κ1) is 11.5. The van der Waals surface area contributed by atoms with Crippen molar-refractivity contribution in [2.24, 2.45) is 11.8 Å². The number of fused-ring (bicyclic) bond motifs is 1. The van der Waals surface area contributed by atoms with E-state index in [1.165, 1.54) is 51.4 Å². The van der Waals surface area contributed by atoms with E-state index in [0.29, 0.717) is 12.0 Å². The fourth-order valence-electron chi connectivity index (χ4n) is 4.01. The molecule has 3 fully saturated rings. The minimum Gasteiger partial charge on any atom is -0.352 e. The number of carbonyl (C=O) groups excluding carboxylic acids is 1. The molecular weight excluding hydrogens is 212 g/mol. The standard InChI is InChI=1S/C14H24N2O/c17-14(16-11-6-2-1-3-7-11)13-12-8-4-5-10(12)9-15-13/h10-13,15H,1-9H2,(H,16,17). The van der Waals surface area contributed by atoms with Gasteiger partial charge in [0.15, 0.2) is 0 Å². The number of nitrogens with one attached hydrogen (secondary N) is 2. The normalized spacial score (nSPS) is 38.0. The van der Waals surface area contributed by atoms with Crippen molar-refractivity contribution >= 4 is 5.91 Å². The second kappa shape index (κ2) is 4.97. The third-order valence-corrected chi connectivity index (χ3v) is 4.98. The summed E-state index contributed by atoms with van der Waals surface area (Å²) in [4.78, 5) is 12.3. The highest BCUT2D eigenvalue weighted by Gasteiger charge is 2.42. The van der Waals surface area contributed by atoms with Crippen LogP contribution < -0.4 is 10.6 Å². The lowest BCUT2D eigenvalue weighted by Crippen LogP contribution is -2.48. The van der Waals surface area contributed by atoms with Crippen LogP contribution in [0.5, 0.6) is 0 Å². The summed E-state index contributed by atoms with van der Waals surface area (Å²) >= 11 is 0. The van der Waals surface area contributed by atoms with Crippen molar-refractivity contribution < 1.29 is 4.79 Å². The fourth-order valence-corrected chi connectivity index (χ4v) is 4.01. The number of hydrogen-bond donors (Lipinski definition) is 2. The van der Waals surface area contributed by atoms with Crippen LogP contribution in [-0.4, -0.2) is 24.5 Å². The van der Waals surface area contributed by atoms with Crippen LogP contribution in [0.1, 0.15) is 51.4 Å². The second-order valence-corrected chi connectivity index (χ2v) is 6.08. The second-order valence-electron chi connectivity index (χ2n) is 6.08. The van der Waals surface area contributed by atoms with Gasteiger partial charge in [0.25, 0.3) is 0 Å². The first-order chi connectivity index (χ1) is 8.34. The molecule has 3 nitrogen and oxygen atoms in total. The molecular formula is C14H24N2O. The van der Waals surface area contributed by atoms with E-state index in [0.717, 1.165) is 12.5 Å². The van der Waals surface area contributed by atoms with Gasteiger partial charge in [0, 0.05) is 6.04 Å². The summed E-state index contributed by atoms with van der Waals surface area (Å²) in [6.07, 6.45) is 10.2. The zero-order chi connectivity index (χ0) is 11.7. The molecule has 3 aliphatic rings. The van der Waals surface area contributed by atoms with E-state index >= 15 is 0 Å². The van der Waals surface area contributed by atoms with Gasteiger partial charge in [-0.1, -0.05) is 25.7 Å². The van der Waals surface area contributed by atoms with E-state index in [1.807, 2.05) is 0 Å². The molecule has 1 aliphatic heterocycles. The molecule has 0 bridgehead atoms. The highest BCUT2D eigenvalue weighted by molar-refractivity contribution is 5.82. The molecule has 1 heterocycles. The number of amides is 1. The molecule has 1 amide bonds. The van der Waals surface area contributed by atoms with Crippen molar-refractivity contribution in [3.05, 3.63) is 0 Å². The van der Waals surface area contributed by atoms with Crippen LogP contribution in [0.2, 0.25) is 0 Å². The molecule has 2 saturated carbocycles. The third kappa shape index (κ3) is 2.35. The number of hydrogen-bond acceptors (Lipinski definition) is 2. The highest BCUT2D eigenvalue weighted by Crippen LogP contribution is 2.37. The van der Waals surface area contributed by atoms with Gasteiger partial charge in [-0.25, -0.2) is 0 Å². The Morgan fingerprint density at radius 1 is 1.00 bits per heavy atom. The van der Waals surface area contributed by atoms with Crippen molar-refractivity contribution in [1.29, 1.82) is 0 Å². The molecule has 0 spiro atoms. The van der Waals surface area contributed by atoms with Crippen LogP contribution in [0.25, 0.3) is 0 Å². The van der Waals surface area contributed by atoms with Gasteiger partial charge < -0.3 is 10.6 Å². The van der Waals surface area contributed by atoms with Crippen molar-refractivity contribution in [2.75, 3.05) is 6.54 Å². The Morgan fingerprint density at radius 2 is 1.82 bits per heavy atom. The molecule has 0 radical (unpaired) electrons. The molecule has 0 aromatic heterocycles. The van der Waals surface area contributed by atoms with Gasteiger partial charge in [0.1, 0.15) is 0 Å². The van der Waals surface area contributed by atoms with Gasteiger partial charge in [-0.3, -0.25) is 4.79 Å². The maximum absolute atomic E-state index is 12.3. The molecule has 3 unspecified atom stereocenters. The van der Waals surface area contributed by atoms with Crippen molar-refractivity contribution in [2.45, 2.75) is 63.5 Å². The Balaban J connectivity index is 1.55. The van der Waals surface area contributed by atoms with Crippen LogP contribution >= 0.6 is 0 Å². The highest BCUT2D eigenvalue weighted by atomic mass is 16.2. The Hall–Kier alpha value is -0.570. The van der Waals surface area contributed by atoms with Crippen LogP contribution in [0, 0.1) is 11.8 Å². The van der Waals surface area contributed by atoms with E-state index < -0.39 is 0 Å². The predicted molar refractivity (Wildman–Crippen MR) is 67.6 cm³/mol. The molecule has 0 aromatic carbocycles. The molecule has 2 aliphatic carbocycles. The van der Waals surface area contributed by atoms with Crippen LogP contribution in [0.3, 0.4) is 0 Å².